The molecule has 1 aliphatic rings. The molecule has 0 saturated heterocycles. The van der Waals surface area contributed by atoms with E-state index < -0.39 is 11.8 Å². The van der Waals surface area contributed by atoms with Crippen molar-refractivity contribution in [2.24, 2.45) is 5.41 Å². The molecule has 24 heavy (non-hydrogen) atoms. The maximum atomic E-state index is 13.7. The van der Waals surface area contributed by atoms with Crippen molar-refractivity contribution in [1.29, 1.82) is 0 Å². The molecule has 0 aliphatic heterocycles. The minimum absolute atomic E-state index is 0.123. The molecule has 128 valence electrons. The third kappa shape index (κ3) is 2.57. The van der Waals surface area contributed by atoms with Gasteiger partial charge >= 0.3 is 6.18 Å². The predicted octanol–water partition coefficient (Wildman–Crippen LogP) is 4.89. The predicted molar refractivity (Wildman–Crippen MR) is 85.9 cm³/mol. The minimum Gasteiger partial charge on any atom is -0.493 e. The summed E-state index contributed by atoms with van der Waals surface area (Å²) in [6.45, 7) is 6.29. The first-order valence-electron chi connectivity index (χ1n) is 7.70. The van der Waals surface area contributed by atoms with Crippen LogP contribution in [0.5, 0.6) is 5.75 Å². The normalized spacial score (nSPS) is 19.8. The summed E-state index contributed by atoms with van der Waals surface area (Å²) in [7, 11) is 0. The maximum absolute atomic E-state index is 13.7. The quantitative estimate of drug-likeness (QED) is 0.846. The van der Waals surface area contributed by atoms with Crippen LogP contribution in [0.1, 0.15) is 31.9 Å². The molecule has 5 heteroatoms. The Labute approximate surface area is 138 Å². The highest BCUT2D eigenvalue weighted by molar-refractivity contribution is 5.81. The van der Waals surface area contributed by atoms with E-state index in [1.807, 2.05) is 20.8 Å². The first kappa shape index (κ1) is 16.8. The molecule has 2 aromatic rings. The van der Waals surface area contributed by atoms with Crippen LogP contribution in [0.3, 0.4) is 0 Å². The van der Waals surface area contributed by atoms with Crippen LogP contribution in [0.15, 0.2) is 42.5 Å². The van der Waals surface area contributed by atoms with Gasteiger partial charge in [-0.15, -0.1) is 0 Å². The van der Waals surface area contributed by atoms with Crippen LogP contribution in [0.2, 0.25) is 0 Å². The molecule has 1 unspecified atom stereocenters. The number of fused-ring (bicyclic) bond motifs is 3. The van der Waals surface area contributed by atoms with Gasteiger partial charge in [-0.2, -0.15) is 13.2 Å². The van der Waals surface area contributed by atoms with Gasteiger partial charge in [0.15, 0.2) is 0 Å². The van der Waals surface area contributed by atoms with E-state index in [0.29, 0.717) is 23.5 Å². The molecule has 2 nitrogen and oxygen atoms in total. The number of ether oxygens (including phenoxy) is 1. The highest BCUT2D eigenvalue weighted by Gasteiger charge is 2.60. The van der Waals surface area contributed by atoms with E-state index in [9.17, 15) is 18.3 Å². The fraction of sp³-hybridized carbons (Fsp3) is 0.368. The van der Waals surface area contributed by atoms with Crippen LogP contribution in [-0.4, -0.2) is 17.9 Å². The molecule has 1 atom stereocenters. The van der Waals surface area contributed by atoms with Gasteiger partial charge in [-0.05, 0) is 28.7 Å². The number of hydrogen-bond donors (Lipinski definition) is 1. The Morgan fingerprint density at radius 2 is 1.58 bits per heavy atom. The summed E-state index contributed by atoms with van der Waals surface area (Å²) in [6.07, 6.45) is -4.82. The van der Waals surface area contributed by atoms with Gasteiger partial charge in [0.05, 0.1) is 6.61 Å². The van der Waals surface area contributed by atoms with Crippen LogP contribution in [0, 0.1) is 5.41 Å². The first-order chi connectivity index (χ1) is 11.0. The van der Waals surface area contributed by atoms with Crippen molar-refractivity contribution in [2.75, 3.05) is 6.61 Å². The Kier molecular flexibility index (Phi) is 3.68. The Balaban J connectivity index is 2.12. The van der Waals surface area contributed by atoms with Gasteiger partial charge in [0.2, 0.25) is 5.60 Å². The van der Waals surface area contributed by atoms with Gasteiger partial charge in [-0.25, -0.2) is 0 Å². The lowest BCUT2D eigenvalue weighted by atomic mass is 9.90. The molecule has 0 bridgehead atoms. The highest BCUT2D eigenvalue weighted by atomic mass is 19.4. The zero-order valence-corrected chi connectivity index (χ0v) is 13.7. The molecule has 1 N–H and O–H groups in total. The molecule has 1 aliphatic carbocycles. The van der Waals surface area contributed by atoms with E-state index in [1.54, 1.807) is 24.3 Å². The van der Waals surface area contributed by atoms with Crippen molar-refractivity contribution in [3.63, 3.8) is 0 Å². The summed E-state index contributed by atoms with van der Waals surface area (Å²) in [5.74, 6) is 0.319. The zero-order valence-electron chi connectivity index (χ0n) is 13.7. The monoisotopic (exact) mass is 336 g/mol. The van der Waals surface area contributed by atoms with Crippen molar-refractivity contribution in [3.05, 3.63) is 53.6 Å². The Morgan fingerprint density at radius 1 is 0.958 bits per heavy atom. The minimum atomic E-state index is -4.82. The summed E-state index contributed by atoms with van der Waals surface area (Å²) in [5, 5.41) is 10.6. The number of hydrogen-bond acceptors (Lipinski definition) is 2. The average molecular weight is 336 g/mol. The van der Waals surface area contributed by atoms with Crippen LogP contribution in [0.4, 0.5) is 13.2 Å². The van der Waals surface area contributed by atoms with Crippen LogP contribution in [0.25, 0.3) is 11.1 Å². The third-order valence-corrected chi connectivity index (χ3v) is 4.07. The number of aliphatic hydroxyl groups is 1. The van der Waals surface area contributed by atoms with Gasteiger partial charge < -0.3 is 9.84 Å². The summed E-state index contributed by atoms with van der Waals surface area (Å²) in [6, 6.07) is 10.6. The second-order valence-corrected chi connectivity index (χ2v) is 7.31. The molecular weight excluding hydrogens is 317 g/mol. The molecule has 0 fully saturated rings. The van der Waals surface area contributed by atoms with Crippen LogP contribution >= 0.6 is 0 Å². The van der Waals surface area contributed by atoms with E-state index in [-0.39, 0.29) is 16.5 Å². The van der Waals surface area contributed by atoms with E-state index in [1.165, 1.54) is 18.2 Å². The topological polar surface area (TPSA) is 29.5 Å². The summed E-state index contributed by atoms with van der Waals surface area (Å²) in [5.41, 5.74) is -2.67. The van der Waals surface area contributed by atoms with Crippen LogP contribution in [-0.2, 0) is 5.60 Å². The highest BCUT2D eigenvalue weighted by Crippen LogP contribution is 2.55. The van der Waals surface area contributed by atoms with E-state index in [0.717, 1.165) is 0 Å². The van der Waals surface area contributed by atoms with Gasteiger partial charge in [0, 0.05) is 11.1 Å². The zero-order chi connectivity index (χ0) is 17.8. The smallest absolute Gasteiger partial charge is 0.425 e. The van der Waals surface area contributed by atoms with Crippen molar-refractivity contribution in [2.45, 2.75) is 32.5 Å². The van der Waals surface area contributed by atoms with Crippen molar-refractivity contribution >= 4 is 0 Å². The Morgan fingerprint density at radius 3 is 2.21 bits per heavy atom. The second kappa shape index (κ2) is 5.24. The van der Waals surface area contributed by atoms with E-state index in [4.69, 9.17) is 4.74 Å². The molecule has 0 heterocycles. The fourth-order valence-electron chi connectivity index (χ4n) is 2.93. The fourth-order valence-corrected chi connectivity index (χ4v) is 2.93. The van der Waals surface area contributed by atoms with Gasteiger partial charge in [0.1, 0.15) is 5.75 Å². The SMILES string of the molecule is CC(C)(C)COc1ccc2c(c1)C(O)(C(F)(F)F)c1ccccc1-2. The van der Waals surface area contributed by atoms with Gasteiger partial charge in [-0.1, -0.05) is 51.1 Å². The summed E-state index contributed by atoms with van der Waals surface area (Å²) >= 11 is 0. The molecule has 2 aromatic carbocycles. The van der Waals surface area contributed by atoms with E-state index in [2.05, 4.69) is 0 Å². The third-order valence-electron chi connectivity index (χ3n) is 4.07. The summed E-state index contributed by atoms with van der Waals surface area (Å²) < 4.78 is 46.8. The molecule has 0 radical (unpaired) electrons. The van der Waals surface area contributed by atoms with Crippen LogP contribution < -0.4 is 4.74 Å². The molecule has 3 rings (SSSR count). The molecule has 0 amide bonds. The number of rotatable bonds is 2. The number of halogens is 3. The molecule has 0 aromatic heterocycles. The van der Waals surface area contributed by atoms with Gasteiger partial charge in [-0.3, -0.25) is 0 Å². The Bertz CT molecular complexity index is 775. The van der Waals surface area contributed by atoms with Crippen molar-refractivity contribution in [1.82, 2.24) is 0 Å². The summed E-state index contributed by atoms with van der Waals surface area (Å²) in [4.78, 5) is 0. The average Bonchev–Trinajstić information content (AvgIpc) is 2.75. The Hall–Kier alpha value is -2.01. The maximum Gasteiger partial charge on any atom is 0.425 e. The largest absolute Gasteiger partial charge is 0.493 e. The van der Waals surface area contributed by atoms with Gasteiger partial charge in [0.25, 0.3) is 0 Å². The lowest BCUT2D eigenvalue weighted by Gasteiger charge is -2.28. The molecule has 0 saturated carbocycles. The van der Waals surface area contributed by atoms with Crippen molar-refractivity contribution in [3.8, 4) is 16.9 Å². The standard InChI is InChI=1S/C19H19F3O2/c1-17(2,3)11-24-12-8-9-14-13-6-4-5-7-15(13)18(23,16(14)10-12)19(20,21)22/h4-10,23H,11H2,1-3H3. The lowest BCUT2D eigenvalue weighted by molar-refractivity contribution is -0.246. The van der Waals surface area contributed by atoms with Crippen molar-refractivity contribution < 1.29 is 23.0 Å². The second-order valence-electron chi connectivity index (χ2n) is 7.31. The molecule has 0 spiro atoms. The molecular formula is C19H19F3O2. The van der Waals surface area contributed by atoms with E-state index >= 15 is 0 Å². The number of benzene rings is 2. The first-order valence-corrected chi connectivity index (χ1v) is 7.70. The lowest BCUT2D eigenvalue weighted by Crippen LogP contribution is -2.41. The number of alkyl halides is 3.